The number of ether oxygens (including phenoxy) is 1. The normalized spacial score (nSPS) is 19.0. The van der Waals surface area contributed by atoms with Crippen LogP contribution in [0.2, 0.25) is 0 Å². The van der Waals surface area contributed by atoms with Gasteiger partial charge in [0.2, 0.25) is 0 Å². The second-order valence-corrected chi connectivity index (χ2v) is 6.44. The molecule has 6 nitrogen and oxygen atoms in total. The van der Waals surface area contributed by atoms with Gasteiger partial charge in [0.05, 0.1) is 42.5 Å². The number of likely N-dealkylation sites (tertiary alicyclic amines) is 1. The molecule has 2 aliphatic heterocycles. The number of carbonyl (C=O) groups excluding carboxylic acids is 2. The lowest BCUT2D eigenvalue weighted by Gasteiger charge is -2.45. The number of alkyl halides is 1. The van der Waals surface area contributed by atoms with E-state index in [-0.39, 0.29) is 31.3 Å². The van der Waals surface area contributed by atoms with E-state index in [1.807, 2.05) is 0 Å². The maximum Gasteiger partial charge on any atom is 0.254 e. The second-order valence-electron chi connectivity index (χ2n) is 6.44. The molecular weight excluding hydrogens is 325 g/mol. The molecule has 2 amide bonds. The van der Waals surface area contributed by atoms with Crippen molar-refractivity contribution in [2.45, 2.75) is 6.42 Å². The van der Waals surface area contributed by atoms with Crippen molar-refractivity contribution in [1.29, 1.82) is 5.26 Å². The van der Waals surface area contributed by atoms with Crippen LogP contribution >= 0.6 is 0 Å². The highest BCUT2D eigenvalue weighted by Gasteiger charge is 2.46. The quantitative estimate of drug-likeness (QED) is 0.829. The Balaban J connectivity index is 1.76. The summed E-state index contributed by atoms with van der Waals surface area (Å²) in [6.07, 6.45) is 0.127. The minimum Gasteiger partial charge on any atom is -0.378 e. The molecule has 1 aromatic carbocycles. The number of nitriles is 1. The number of amides is 2. The van der Waals surface area contributed by atoms with Crippen LogP contribution in [0.4, 0.5) is 4.39 Å². The van der Waals surface area contributed by atoms with Crippen LogP contribution in [0.25, 0.3) is 0 Å². The minimum atomic E-state index is -0.798. The van der Waals surface area contributed by atoms with E-state index < -0.39 is 12.1 Å². The molecule has 25 heavy (non-hydrogen) atoms. The zero-order valence-corrected chi connectivity index (χ0v) is 13.9. The van der Waals surface area contributed by atoms with Crippen molar-refractivity contribution in [2.75, 3.05) is 46.1 Å². The molecule has 0 unspecified atom stereocenters. The standard InChI is InChI=1S/C18H20FN3O3/c19-6-5-18(11-20)12-22(13-18)17(24)15-4-2-1-3-14(15)16(23)21-7-9-25-10-8-21/h1-4H,5-10,12-13H2. The summed E-state index contributed by atoms with van der Waals surface area (Å²) in [5.41, 5.74) is -0.117. The van der Waals surface area contributed by atoms with Gasteiger partial charge in [0.25, 0.3) is 11.8 Å². The zero-order valence-electron chi connectivity index (χ0n) is 13.9. The Morgan fingerprint density at radius 2 is 1.68 bits per heavy atom. The number of nitrogens with zero attached hydrogens (tertiary/aromatic N) is 3. The van der Waals surface area contributed by atoms with Crippen molar-refractivity contribution in [3.05, 3.63) is 35.4 Å². The fourth-order valence-corrected chi connectivity index (χ4v) is 3.26. The highest BCUT2D eigenvalue weighted by atomic mass is 19.1. The molecule has 7 heteroatoms. The van der Waals surface area contributed by atoms with Gasteiger partial charge in [-0.15, -0.1) is 0 Å². The predicted molar refractivity (Wildman–Crippen MR) is 87.7 cm³/mol. The smallest absolute Gasteiger partial charge is 0.254 e. The van der Waals surface area contributed by atoms with Gasteiger partial charge in [-0.25, -0.2) is 0 Å². The fourth-order valence-electron chi connectivity index (χ4n) is 3.26. The van der Waals surface area contributed by atoms with E-state index in [1.165, 1.54) is 4.90 Å². The first-order chi connectivity index (χ1) is 12.1. The fraction of sp³-hybridized carbons (Fsp3) is 0.500. The third kappa shape index (κ3) is 3.35. The van der Waals surface area contributed by atoms with E-state index in [1.54, 1.807) is 29.2 Å². The van der Waals surface area contributed by atoms with E-state index >= 15 is 0 Å². The summed E-state index contributed by atoms with van der Waals surface area (Å²) in [7, 11) is 0. The Kier molecular flexibility index (Phi) is 5.00. The van der Waals surface area contributed by atoms with Crippen LogP contribution in [0.5, 0.6) is 0 Å². The van der Waals surface area contributed by atoms with Crippen LogP contribution in [0.3, 0.4) is 0 Å². The first kappa shape index (κ1) is 17.4. The van der Waals surface area contributed by atoms with Crippen molar-refractivity contribution in [1.82, 2.24) is 9.80 Å². The van der Waals surface area contributed by atoms with Crippen molar-refractivity contribution in [2.24, 2.45) is 5.41 Å². The number of hydrogen-bond donors (Lipinski definition) is 0. The van der Waals surface area contributed by atoms with Crippen LogP contribution in [-0.2, 0) is 4.74 Å². The second kappa shape index (κ2) is 7.19. The molecule has 2 heterocycles. The Labute approximate surface area is 145 Å². The number of morpholine rings is 1. The average molecular weight is 345 g/mol. The van der Waals surface area contributed by atoms with E-state index in [0.29, 0.717) is 37.4 Å². The summed E-state index contributed by atoms with van der Waals surface area (Å²) in [6.45, 7) is 1.79. The van der Waals surface area contributed by atoms with Gasteiger partial charge < -0.3 is 14.5 Å². The highest BCUT2D eigenvalue weighted by Crippen LogP contribution is 2.34. The summed E-state index contributed by atoms with van der Waals surface area (Å²) in [5.74, 6) is -0.481. The van der Waals surface area contributed by atoms with Crippen LogP contribution in [0, 0.1) is 16.7 Å². The van der Waals surface area contributed by atoms with E-state index in [0.717, 1.165) is 0 Å². The van der Waals surface area contributed by atoms with Gasteiger partial charge >= 0.3 is 0 Å². The molecule has 0 N–H and O–H groups in total. The van der Waals surface area contributed by atoms with Crippen LogP contribution < -0.4 is 0 Å². The Bertz CT molecular complexity index is 704. The molecular formula is C18H20FN3O3. The Morgan fingerprint density at radius 1 is 1.12 bits per heavy atom. The largest absolute Gasteiger partial charge is 0.378 e. The predicted octanol–water partition coefficient (Wildman–Crippen LogP) is 1.48. The number of halogens is 1. The molecule has 0 radical (unpaired) electrons. The lowest BCUT2D eigenvalue weighted by atomic mass is 9.78. The molecule has 1 aromatic rings. The first-order valence-corrected chi connectivity index (χ1v) is 8.33. The molecule has 0 aliphatic carbocycles. The summed E-state index contributed by atoms with van der Waals surface area (Å²) >= 11 is 0. The summed E-state index contributed by atoms with van der Waals surface area (Å²) in [5, 5.41) is 9.22. The lowest BCUT2D eigenvalue weighted by molar-refractivity contribution is 0.0241. The number of rotatable bonds is 4. The molecule has 2 saturated heterocycles. The molecule has 0 aromatic heterocycles. The molecule has 0 spiro atoms. The van der Waals surface area contributed by atoms with Gasteiger partial charge in [-0.3, -0.25) is 14.0 Å². The van der Waals surface area contributed by atoms with Crippen molar-refractivity contribution >= 4 is 11.8 Å². The van der Waals surface area contributed by atoms with Gasteiger partial charge in [0.15, 0.2) is 0 Å². The van der Waals surface area contributed by atoms with E-state index in [9.17, 15) is 19.2 Å². The topological polar surface area (TPSA) is 73.6 Å². The molecule has 3 rings (SSSR count). The highest BCUT2D eigenvalue weighted by molar-refractivity contribution is 6.07. The van der Waals surface area contributed by atoms with Crippen molar-refractivity contribution in [3.8, 4) is 6.07 Å². The van der Waals surface area contributed by atoms with Crippen LogP contribution in [0.1, 0.15) is 27.1 Å². The van der Waals surface area contributed by atoms with Gasteiger partial charge in [-0.05, 0) is 18.6 Å². The van der Waals surface area contributed by atoms with Gasteiger partial charge in [0.1, 0.15) is 0 Å². The van der Waals surface area contributed by atoms with Crippen LogP contribution in [0.15, 0.2) is 24.3 Å². The number of hydrogen-bond acceptors (Lipinski definition) is 4. The summed E-state index contributed by atoms with van der Waals surface area (Å²) in [6, 6.07) is 8.82. The molecule has 132 valence electrons. The Morgan fingerprint density at radius 3 is 2.20 bits per heavy atom. The molecule has 2 fully saturated rings. The number of carbonyl (C=O) groups is 2. The van der Waals surface area contributed by atoms with Crippen LogP contribution in [-0.4, -0.2) is 67.7 Å². The first-order valence-electron chi connectivity index (χ1n) is 8.33. The third-order valence-corrected chi connectivity index (χ3v) is 4.77. The van der Waals surface area contributed by atoms with Gasteiger partial charge in [0, 0.05) is 26.2 Å². The van der Waals surface area contributed by atoms with E-state index in [4.69, 9.17) is 4.74 Å². The minimum absolute atomic E-state index is 0.127. The maximum atomic E-state index is 12.8. The summed E-state index contributed by atoms with van der Waals surface area (Å²) < 4.78 is 17.9. The van der Waals surface area contributed by atoms with Crippen molar-refractivity contribution in [3.63, 3.8) is 0 Å². The SMILES string of the molecule is N#CC1(CCF)CN(C(=O)c2ccccc2C(=O)N2CCOCC2)C1. The monoisotopic (exact) mass is 345 g/mol. The molecule has 0 saturated carbocycles. The number of benzene rings is 1. The van der Waals surface area contributed by atoms with Gasteiger partial charge in [-0.1, -0.05) is 12.1 Å². The average Bonchev–Trinajstić information content (AvgIpc) is 2.64. The lowest BCUT2D eigenvalue weighted by Crippen LogP contribution is -2.58. The Hall–Kier alpha value is -2.46. The van der Waals surface area contributed by atoms with Gasteiger partial charge in [-0.2, -0.15) is 5.26 Å². The molecule has 0 bridgehead atoms. The molecule has 2 aliphatic rings. The summed E-state index contributed by atoms with van der Waals surface area (Å²) in [4.78, 5) is 28.7. The zero-order chi connectivity index (χ0) is 17.9. The third-order valence-electron chi connectivity index (χ3n) is 4.77. The van der Waals surface area contributed by atoms with Crippen molar-refractivity contribution < 1.29 is 18.7 Å². The maximum absolute atomic E-state index is 12.8. The van der Waals surface area contributed by atoms with E-state index in [2.05, 4.69) is 6.07 Å². The molecule has 0 atom stereocenters.